The van der Waals surface area contributed by atoms with Crippen LogP contribution >= 0.6 is 11.8 Å². The largest absolute Gasteiger partial charge is 0.396 e. The predicted molar refractivity (Wildman–Crippen MR) is 49.6 cm³/mol. The highest BCUT2D eigenvalue weighted by molar-refractivity contribution is 7.98. The van der Waals surface area contributed by atoms with Crippen LogP contribution in [0.15, 0.2) is 18.2 Å². The highest BCUT2D eigenvalue weighted by atomic mass is 32.2. The molecule has 0 spiro atoms. The molecule has 13 heavy (non-hydrogen) atoms. The lowest BCUT2D eigenvalue weighted by Gasteiger charge is -2.01. The molecule has 0 atom stereocenters. The summed E-state index contributed by atoms with van der Waals surface area (Å²) in [5.41, 5.74) is 0.346. The summed E-state index contributed by atoms with van der Waals surface area (Å²) in [7, 11) is 0. The van der Waals surface area contributed by atoms with Gasteiger partial charge in [-0.3, -0.25) is 0 Å². The summed E-state index contributed by atoms with van der Waals surface area (Å²) in [6, 6.07) is 3.39. The topological polar surface area (TPSA) is 20.2 Å². The van der Waals surface area contributed by atoms with Gasteiger partial charge < -0.3 is 5.11 Å². The van der Waals surface area contributed by atoms with E-state index in [9.17, 15) is 8.78 Å². The fourth-order valence-corrected chi connectivity index (χ4v) is 1.62. The molecular weight excluding hydrogens is 194 g/mol. The second kappa shape index (κ2) is 5.19. The van der Waals surface area contributed by atoms with Gasteiger partial charge in [0.15, 0.2) is 0 Å². The third kappa shape index (κ3) is 3.32. The first-order valence-corrected chi connectivity index (χ1v) is 5.02. The summed E-state index contributed by atoms with van der Waals surface area (Å²) < 4.78 is 25.6. The summed E-state index contributed by atoms with van der Waals surface area (Å²) >= 11 is 1.37. The van der Waals surface area contributed by atoms with Crippen molar-refractivity contribution in [3.63, 3.8) is 0 Å². The van der Waals surface area contributed by atoms with Crippen LogP contribution in [-0.4, -0.2) is 17.5 Å². The number of thioether (sulfide) groups is 1. The fraction of sp³-hybridized carbons (Fsp3) is 0.333. The van der Waals surface area contributed by atoms with Gasteiger partial charge in [-0.15, -0.1) is 0 Å². The average molecular weight is 204 g/mol. The van der Waals surface area contributed by atoms with Crippen LogP contribution in [0, 0.1) is 11.6 Å². The van der Waals surface area contributed by atoms with Crippen molar-refractivity contribution < 1.29 is 13.9 Å². The van der Waals surface area contributed by atoms with E-state index in [2.05, 4.69) is 0 Å². The average Bonchev–Trinajstić information content (AvgIpc) is 2.11. The number of hydrogen-bond donors (Lipinski definition) is 1. The number of aliphatic hydroxyl groups is 1. The van der Waals surface area contributed by atoms with Crippen LogP contribution in [0.3, 0.4) is 0 Å². The van der Waals surface area contributed by atoms with E-state index in [0.29, 0.717) is 17.1 Å². The van der Waals surface area contributed by atoms with Crippen LogP contribution in [0.4, 0.5) is 8.78 Å². The van der Waals surface area contributed by atoms with Crippen molar-refractivity contribution in [3.05, 3.63) is 35.4 Å². The van der Waals surface area contributed by atoms with Gasteiger partial charge in [-0.1, -0.05) is 0 Å². The smallest absolute Gasteiger partial charge is 0.127 e. The number of rotatable bonds is 4. The van der Waals surface area contributed by atoms with Gasteiger partial charge in [-0.25, -0.2) is 8.78 Å². The Hall–Kier alpha value is -0.610. The van der Waals surface area contributed by atoms with E-state index >= 15 is 0 Å². The van der Waals surface area contributed by atoms with E-state index in [0.717, 1.165) is 12.1 Å². The molecule has 0 saturated heterocycles. The quantitative estimate of drug-likeness (QED) is 0.759. The van der Waals surface area contributed by atoms with E-state index in [-0.39, 0.29) is 6.61 Å². The normalized spacial score (nSPS) is 10.4. The molecule has 0 radical (unpaired) electrons. The second-order valence-corrected chi connectivity index (χ2v) is 3.62. The first-order chi connectivity index (χ1) is 6.24. The molecule has 0 aliphatic carbocycles. The minimum absolute atomic E-state index is 0.0571. The van der Waals surface area contributed by atoms with Crippen LogP contribution in [0.2, 0.25) is 0 Å². The lowest BCUT2D eigenvalue weighted by Crippen LogP contribution is -1.92. The molecule has 0 unspecified atom stereocenters. The molecule has 0 fully saturated rings. The molecular formula is C9H10F2OS. The number of benzene rings is 1. The van der Waals surface area contributed by atoms with Crippen LogP contribution in [0.5, 0.6) is 0 Å². The van der Waals surface area contributed by atoms with Crippen molar-refractivity contribution in [3.8, 4) is 0 Å². The number of aliphatic hydroxyl groups excluding tert-OH is 1. The highest BCUT2D eigenvalue weighted by Gasteiger charge is 2.02. The third-order valence-corrected chi connectivity index (χ3v) is 2.49. The zero-order valence-corrected chi connectivity index (χ0v) is 7.78. The van der Waals surface area contributed by atoms with E-state index in [4.69, 9.17) is 5.11 Å². The first kappa shape index (κ1) is 10.5. The van der Waals surface area contributed by atoms with Crippen LogP contribution in [0.1, 0.15) is 5.56 Å². The number of halogens is 2. The third-order valence-electron chi connectivity index (χ3n) is 1.50. The Morgan fingerprint density at radius 1 is 1.31 bits per heavy atom. The Morgan fingerprint density at radius 3 is 2.77 bits per heavy atom. The Balaban J connectivity index is 2.59. The molecule has 1 aromatic carbocycles. The molecule has 1 nitrogen and oxygen atoms in total. The molecule has 1 rings (SSSR count). The van der Waals surface area contributed by atoms with Crippen molar-refractivity contribution in [2.45, 2.75) is 5.75 Å². The molecule has 4 heteroatoms. The molecule has 1 N–H and O–H groups in total. The molecule has 0 aliphatic rings. The maximum absolute atomic E-state index is 13.0. The molecule has 0 bridgehead atoms. The Morgan fingerprint density at radius 2 is 2.08 bits per heavy atom. The zero-order chi connectivity index (χ0) is 9.68. The van der Waals surface area contributed by atoms with Crippen molar-refractivity contribution in [2.75, 3.05) is 12.4 Å². The number of hydrogen-bond acceptors (Lipinski definition) is 2. The minimum Gasteiger partial charge on any atom is -0.396 e. The van der Waals surface area contributed by atoms with Gasteiger partial charge >= 0.3 is 0 Å². The SMILES string of the molecule is OCCSCc1cc(F)ccc1F. The van der Waals surface area contributed by atoms with Gasteiger partial charge in [0, 0.05) is 17.1 Å². The van der Waals surface area contributed by atoms with Crippen molar-refractivity contribution >= 4 is 11.8 Å². The maximum atomic E-state index is 13.0. The second-order valence-electron chi connectivity index (χ2n) is 2.51. The van der Waals surface area contributed by atoms with E-state index in [1.54, 1.807) is 0 Å². The standard InChI is InChI=1S/C9H10F2OS/c10-8-1-2-9(11)7(5-8)6-13-4-3-12/h1-2,5,12H,3-4,6H2. The molecule has 0 heterocycles. The van der Waals surface area contributed by atoms with E-state index in [1.807, 2.05) is 0 Å². The summed E-state index contributed by atoms with van der Waals surface area (Å²) in [4.78, 5) is 0. The molecule has 72 valence electrons. The van der Waals surface area contributed by atoms with Crippen LogP contribution < -0.4 is 0 Å². The van der Waals surface area contributed by atoms with Gasteiger partial charge in [-0.2, -0.15) is 11.8 Å². The summed E-state index contributed by atoms with van der Waals surface area (Å²) in [5.74, 6) is 0.105. The summed E-state index contributed by atoms with van der Waals surface area (Å²) in [5, 5.41) is 8.48. The van der Waals surface area contributed by atoms with Gasteiger partial charge in [0.1, 0.15) is 11.6 Å². The van der Waals surface area contributed by atoms with Crippen molar-refractivity contribution in [1.29, 1.82) is 0 Å². The molecule has 0 saturated carbocycles. The molecule has 1 aromatic rings. The lowest BCUT2D eigenvalue weighted by molar-refractivity contribution is 0.322. The van der Waals surface area contributed by atoms with Gasteiger partial charge in [-0.05, 0) is 18.2 Å². The lowest BCUT2D eigenvalue weighted by atomic mass is 10.2. The van der Waals surface area contributed by atoms with Crippen molar-refractivity contribution in [2.24, 2.45) is 0 Å². The highest BCUT2D eigenvalue weighted by Crippen LogP contribution is 2.16. The Kier molecular flexibility index (Phi) is 4.18. The van der Waals surface area contributed by atoms with Gasteiger partial charge in [0.05, 0.1) is 6.61 Å². The van der Waals surface area contributed by atoms with Gasteiger partial charge in [0.2, 0.25) is 0 Å². The zero-order valence-electron chi connectivity index (χ0n) is 6.96. The van der Waals surface area contributed by atoms with E-state index in [1.165, 1.54) is 17.8 Å². The maximum Gasteiger partial charge on any atom is 0.127 e. The summed E-state index contributed by atoms with van der Waals surface area (Å²) in [6.07, 6.45) is 0. The monoisotopic (exact) mass is 204 g/mol. The molecule has 0 aromatic heterocycles. The summed E-state index contributed by atoms with van der Waals surface area (Å²) in [6.45, 7) is 0.0571. The predicted octanol–water partition coefficient (Wildman–Crippen LogP) is 2.19. The Bertz CT molecular complexity index is 278. The molecule has 0 amide bonds. The first-order valence-electron chi connectivity index (χ1n) is 3.86. The van der Waals surface area contributed by atoms with Crippen LogP contribution in [-0.2, 0) is 5.75 Å². The van der Waals surface area contributed by atoms with E-state index < -0.39 is 11.6 Å². The molecule has 0 aliphatic heterocycles. The minimum atomic E-state index is -0.430. The van der Waals surface area contributed by atoms with Crippen molar-refractivity contribution in [1.82, 2.24) is 0 Å². The fourth-order valence-electron chi connectivity index (χ4n) is 0.901. The Labute approximate surface area is 79.8 Å². The van der Waals surface area contributed by atoms with Gasteiger partial charge in [0.25, 0.3) is 0 Å². The van der Waals surface area contributed by atoms with Crippen LogP contribution in [0.25, 0.3) is 0 Å².